The van der Waals surface area contributed by atoms with Gasteiger partial charge in [-0.1, -0.05) is 31.2 Å². The summed E-state index contributed by atoms with van der Waals surface area (Å²) in [6.07, 6.45) is 11.6. The molecule has 0 unspecified atom stereocenters. The first kappa shape index (κ1) is 9.15. The second-order valence-corrected chi connectivity index (χ2v) is 2.01. The zero-order chi connectivity index (χ0) is 7.66. The molecule has 0 rings (SSSR count). The average molecular weight is 138 g/mol. The van der Waals surface area contributed by atoms with Gasteiger partial charge in [0.05, 0.1) is 0 Å². The number of unbranched alkanes of at least 4 members (excludes halogenated alkanes) is 1. The van der Waals surface area contributed by atoms with Crippen LogP contribution < -0.4 is 0 Å². The molecule has 0 aromatic rings. The molecule has 0 spiro atoms. The van der Waals surface area contributed by atoms with Gasteiger partial charge >= 0.3 is 0 Å². The topological polar surface area (TPSA) is 17.1 Å². The van der Waals surface area contributed by atoms with E-state index in [4.69, 9.17) is 0 Å². The van der Waals surface area contributed by atoms with Gasteiger partial charge in [0, 0.05) is 6.42 Å². The molecule has 0 N–H and O–H groups in total. The number of carbonyl (C=O) groups excluding carboxylic acids is 1. The van der Waals surface area contributed by atoms with E-state index in [2.05, 4.69) is 13.0 Å². The van der Waals surface area contributed by atoms with Crippen molar-refractivity contribution in [1.29, 1.82) is 0 Å². The van der Waals surface area contributed by atoms with Gasteiger partial charge in [-0.15, -0.1) is 0 Å². The van der Waals surface area contributed by atoms with Crippen molar-refractivity contribution in [3.05, 3.63) is 24.3 Å². The van der Waals surface area contributed by atoms with E-state index in [1.807, 2.05) is 18.2 Å². The van der Waals surface area contributed by atoms with Crippen molar-refractivity contribution in [2.75, 3.05) is 0 Å². The molecule has 0 bridgehead atoms. The third kappa shape index (κ3) is 7.15. The molecule has 1 heteroatoms. The van der Waals surface area contributed by atoms with Gasteiger partial charge < -0.3 is 4.79 Å². The van der Waals surface area contributed by atoms with E-state index in [1.165, 1.54) is 0 Å². The molecule has 56 valence electrons. The summed E-state index contributed by atoms with van der Waals surface area (Å²) in [6.45, 7) is 2.09. The summed E-state index contributed by atoms with van der Waals surface area (Å²) in [5, 5.41) is 0. The minimum Gasteiger partial charge on any atom is -0.303 e. The van der Waals surface area contributed by atoms with E-state index >= 15 is 0 Å². The maximum atomic E-state index is 9.84. The molecular formula is C9H14O. The Morgan fingerprint density at radius 2 is 1.80 bits per heavy atom. The molecule has 0 saturated carbocycles. The molecule has 0 aliphatic carbocycles. The molecule has 0 aliphatic rings. The molecule has 0 atom stereocenters. The van der Waals surface area contributed by atoms with Crippen LogP contribution in [-0.4, -0.2) is 6.29 Å². The van der Waals surface area contributed by atoms with Crippen LogP contribution in [0.5, 0.6) is 0 Å². The number of hydrogen-bond acceptors (Lipinski definition) is 1. The molecule has 0 amide bonds. The van der Waals surface area contributed by atoms with E-state index in [9.17, 15) is 4.79 Å². The van der Waals surface area contributed by atoms with Gasteiger partial charge in [-0.05, 0) is 12.8 Å². The maximum Gasteiger partial charge on any atom is 0.120 e. The first-order chi connectivity index (χ1) is 4.91. The summed E-state index contributed by atoms with van der Waals surface area (Å²) in [5.74, 6) is 0. The second-order valence-electron chi connectivity index (χ2n) is 2.01. The quantitative estimate of drug-likeness (QED) is 0.324. The lowest BCUT2D eigenvalue weighted by atomic mass is 10.3. The van der Waals surface area contributed by atoms with Crippen molar-refractivity contribution in [2.24, 2.45) is 0 Å². The number of hydrogen-bond donors (Lipinski definition) is 0. The van der Waals surface area contributed by atoms with Crippen LogP contribution in [0.2, 0.25) is 0 Å². The van der Waals surface area contributed by atoms with Crippen molar-refractivity contribution in [3.63, 3.8) is 0 Å². The molecular weight excluding hydrogens is 124 g/mol. The lowest BCUT2D eigenvalue weighted by molar-refractivity contribution is -0.107. The summed E-state index contributed by atoms with van der Waals surface area (Å²) in [5.41, 5.74) is 0. The van der Waals surface area contributed by atoms with Gasteiger partial charge in [0.2, 0.25) is 0 Å². The van der Waals surface area contributed by atoms with Gasteiger partial charge in [0.15, 0.2) is 0 Å². The van der Waals surface area contributed by atoms with Crippen LogP contribution in [0, 0.1) is 0 Å². The molecule has 0 aromatic carbocycles. The highest BCUT2D eigenvalue weighted by Crippen LogP contribution is 1.88. The summed E-state index contributed by atoms with van der Waals surface area (Å²) in [6, 6.07) is 0. The maximum absolute atomic E-state index is 9.84. The Balaban J connectivity index is 3.19. The smallest absolute Gasteiger partial charge is 0.120 e. The SMILES string of the molecule is CCC=CC=CCCC=O. The fourth-order valence-electron chi connectivity index (χ4n) is 0.554. The van der Waals surface area contributed by atoms with Gasteiger partial charge in [-0.2, -0.15) is 0 Å². The van der Waals surface area contributed by atoms with Gasteiger partial charge in [-0.25, -0.2) is 0 Å². The van der Waals surface area contributed by atoms with Crippen molar-refractivity contribution in [2.45, 2.75) is 26.2 Å². The van der Waals surface area contributed by atoms with E-state index in [-0.39, 0.29) is 0 Å². The zero-order valence-corrected chi connectivity index (χ0v) is 6.42. The lowest BCUT2D eigenvalue weighted by Crippen LogP contribution is -1.68. The minimum atomic E-state index is 0.635. The Morgan fingerprint density at radius 1 is 1.10 bits per heavy atom. The molecule has 1 nitrogen and oxygen atoms in total. The molecule has 0 saturated heterocycles. The van der Waals surface area contributed by atoms with Crippen LogP contribution in [0.15, 0.2) is 24.3 Å². The third-order valence-electron chi connectivity index (χ3n) is 1.07. The molecule has 0 fully saturated rings. The largest absolute Gasteiger partial charge is 0.303 e. The highest BCUT2D eigenvalue weighted by atomic mass is 16.1. The number of aldehydes is 1. The Labute approximate surface area is 62.4 Å². The molecule has 0 radical (unpaired) electrons. The Bertz CT molecular complexity index is 123. The van der Waals surface area contributed by atoms with Crippen molar-refractivity contribution < 1.29 is 4.79 Å². The molecule has 0 heterocycles. The van der Waals surface area contributed by atoms with Crippen LogP contribution in [-0.2, 0) is 4.79 Å². The number of rotatable bonds is 5. The monoisotopic (exact) mass is 138 g/mol. The summed E-state index contributed by atoms with van der Waals surface area (Å²) >= 11 is 0. The first-order valence-electron chi connectivity index (χ1n) is 3.67. The number of carbonyl (C=O) groups is 1. The first-order valence-corrected chi connectivity index (χ1v) is 3.67. The minimum absolute atomic E-state index is 0.635. The zero-order valence-electron chi connectivity index (χ0n) is 6.42. The Hall–Kier alpha value is -0.850. The highest BCUT2D eigenvalue weighted by molar-refractivity contribution is 5.49. The number of allylic oxidation sites excluding steroid dienone is 4. The van der Waals surface area contributed by atoms with Crippen LogP contribution in [0.1, 0.15) is 26.2 Å². The predicted molar refractivity (Wildman–Crippen MR) is 43.9 cm³/mol. The third-order valence-corrected chi connectivity index (χ3v) is 1.07. The van der Waals surface area contributed by atoms with Crippen LogP contribution in [0.4, 0.5) is 0 Å². The van der Waals surface area contributed by atoms with Crippen LogP contribution >= 0.6 is 0 Å². The second kappa shape index (κ2) is 8.15. The normalized spacial score (nSPS) is 11.3. The van der Waals surface area contributed by atoms with Crippen LogP contribution in [0.3, 0.4) is 0 Å². The molecule has 10 heavy (non-hydrogen) atoms. The lowest BCUT2D eigenvalue weighted by Gasteiger charge is -1.79. The van der Waals surface area contributed by atoms with Crippen molar-refractivity contribution in [1.82, 2.24) is 0 Å². The van der Waals surface area contributed by atoms with Crippen molar-refractivity contribution >= 4 is 6.29 Å². The Morgan fingerprint density at radius 3 is 2.40 bits per heavy atom. The standard InChI is InChI=1S/C9H14O/c1-2-3-4-5-6-7-8-9-10/h3-6,9H,2,7-8H2,1H3. The van der Waals surface area contributed by atoms with Gasteiger partial charge in [-0.3, -0.25) is 0 Å². The Kier molecular flexibility index (Phi) is 7.46. The fraction of sp³-hybridized carbons (Fsp3) is 0.444. The van der Waals surface area contributed by atoms with E-state index in [0.717, 1.165) is 19.1 Å². The van der Waals surface area contributed by atoms with Crippen molar-refractivity contribution in [3.8, 4) is 0 Å². The van der Waals surface area contributed by atoms with Gasteiger partial charge in [0.25, 0.3) is 0 Å². The average Bonchev–Trinajstić information content (AvgIpc) is 1.97. The highest BCUT2D eigenvalue weighted by Gasteiger charge is 1.74. The fourth-order valence-corrected chi connectivity index (χ4v) is 0.554. The summed E-state index contributed by atoms with van der Waals surface area (Å²) in [7, 11) is 0. The molecule has 0 aromatic heterocycles. The predicted octanol–water partition coefficient (Wildman–Crippen LogP) is 2.49. The summed E-state index contributed by atoms with van der Waals surface area (Å²) in [4.78, 5) is 9.84. The van der Waals surface area contributed by atoms with Crippen LogP contribution in [0.25, 0.3) is 0 Å². The van der Waals surface area contributed by atoms with E-state index < -0.39 is 0 Å². The van der Waals surface area contributed by atoms with E-state index in [1.54, 1.807) is 0 Å². The molecule has 0 aliphatic heterocycles. The van der Waals surface area contributed by atoms with Gasteiger partial charge in [0.1, 0.15) is 6.29 Å². The van der Waals surface area contributed by atoms with E-state index in [0.29, 0.717) is 6.42 Å². The summed E-state index contributed by atoms with van der Waals surface area (Å²) < 4.78 is 0.